The highest BCUT2D eigenvalue weighted by atomic mass is 16.4. The molecule has 2 aliphatic rings. The third-order valence-electron chi connectivity index (χ3n) is 3.27. The molecule has 3 heterocycles. The van der Waals surface area contributed by atoms with Crippen molar-refractivity contribution >= 4 is 29.6 Å². The van der Waals surface area contributed by atoms with Crippen LogP contribution < -0.4 is 4.57 Å². The topological polar surface area (TPSA) is 87.1 Å². The molecule has 1 saturated heterocycles. The molecule has 1 aromatic heterocycles. The number of aliphatic imine (C=N–C) groups is 1. The Labute approximate surface area is 114 Å². The summed E-state index contributed by atoms with van der Waals surface area (Å²) in [6.07, 6.45) is 1.66. The van der Waals surface area contributed by atoms with Crippen LogP contribution in [0.2, 0.25) is 0 Å². The number of ketones is 1. The van der Waals surface area contributed by atoms with Gasteiger partial charge in [-0.15, -0.1) is 0 Å². The number of imide groups is 1. The molecular weight excluding hydrogens is 264 g/mol. The van der Waals surface area contributed by atoms with E-state index >= 15 is 0 Å². The number of rotatable bonds is 2. The molecule has 3 rings (SSSR count). The van der Waals surface area contributed by atoms with Crippen LogP contribution in [0.25, 0.3) is 0 Å². The van der Waals surface area contributed by atoms with E-state index < -0.39 is 18.0 Å². The van der Waals surface area contributed by atoms with Crippen LogP contribution in [0, 0.1) is 6.92 Å². The number of fused-ring (bicyclic) bond motifs is 3. The van der Waals surface area contributed by atoms with Gasteiger partial charge in [0.15, 0.2) is 0 Å². The van der Waals surface area contributed by atoms with Crippen LogP contribution >= 0.6 is 0 Å². The maximum Gasteiger partial charge on any atom is 0.506 e. The van der Waals surface area contributed by atoms with Crippen LogP contribution in [0.4, 0.5) is 10.8 Å². The van der Waals surface area contributed by atoms with Crippen molar-refractivity contribution in [3.63, 3.8) is 0 Å². The molecule has 3 amide bonds. The van der Waals surface area contributed by atoms with Crippen LogP contribution in [-0.2, 0) is 9.59 Å². The minimum atomic E-state index is -0.746. The zero-order chi connectivity index (χ0) is 14.6. The normalized spacial score (nSPS) is 20.9. The number of aromatic nitrogens is 1. The van der Waals surface area contributed by atoms with Crippen molar-refractivity contribution < 1.29 is 23.4 Å². The van der Waals surface area contributed by atoms with Gasteiger partial charge in [-0.1, -0.05) is 0 Å². The smallest absolute Gasteiger partial charge is 0.390 e. The summed E-state index contributed by atoms with van der Waals surface area (Å²) in [6, 6.07) is -1.02. The molecule has 0 spiro atoms. The summed E-state index contributed by atoms with van der Waals surface area (Å²) in [7, 11) is 1.52. The van der Waals surface area contributed by atoms with Crippen LogP contribution in [0.3, 0.4) is 0 Å². The number of hydrogen-bond donors (Lipinski definition) is 0. The fourth-order valence-corrected chi connectivity index (χ4v) is 2.40. The van der Waals surface area contributed by atoms with Gasteiger partial charge in [-0.25, -0.2) is 4.79 Å². The van der Waals surface area contributed by atoms with Gasteiger partial charge in [-0.2, -0.15) is 4.57 Å². The van der Waals surface area contributed by atoms with Crippen LogP contribution in [-0.4, -0.2) is 46.9 Å². The van der Waals surface area contributed by atoms with Crippen molar-refractivity contribution in [2.45, 2.75) is 19.9 Å². The Kier molecular flexibility index (Phi) is 2.50. The summed E-state index contributed by atoms with van der Waals surface area (Å²) in [5.74, 6) is 0.213. The quantitative estimate of drug-likeness (QED) is 0.709. The van der Waals surface area contributed by atoms with Gasteiger partial charge in [0.05, 0.1) is 6.54 Å². The largest absolute Gasteiger partial charge is 0.506 e. The molecule has 0 radical (unpaired) electrons. The fourth-order valence-electron chi connectivity index (χ4n) is 2.40. The first-order chi connectivity index (χ1) is 9.40. The second kappa shape index (κ2) is 3.99. The van der Waals surface area contributed by atoms with E-state index in [4.69, 9.17) is 4.42 Å². The van der Waals surface area contributed by atoms with E-state index in [0.717, 1.165) is 4.90 Å². The Morgan fingerprint density at radius 1 is 1.50 bits per heavy atom. The second-order valence-corrected chi connectivity index (χ2v) is 4.87. The van der Waals surface area contributed by atoms with Gasteiger partial charge in [0, 0.05) is 12.0 Å². The number of likely N-dealkylation sites (N-methyl/N-ethyl adjacent to an activating group) is 1. The zero-order valence-corrected chi connectivity index (χ0v) is 11.3. The third-order valence-corrected chi connectivity index (χ3v) is 3.27. The monoisotopic (exact) mass is 277 g/mol. The Balaban J connectivity index is 2.06. The van der Waals surface area contributed by atoms with Crippen molar-refractivity contribution in [2.24, 2.45) is 4.99 Å². The molecule has 8 nitrogen and oxygen atoms in total. The number of nitrogens with zero attached hydrogens (tertiary/aromatic N) is 4. The molecule has 2 aliphatic heterocycles. The van der Waals surface area contributed by atoms with Gasteiger partial charge in [-0.3, -0.25) is 19.4 Å². The SMILES string of the molecule is CC(=O)CN1C(=O)C2C(=Nc3oc(C)c[n+]32)N(C)C1=O. The van der Waals surface area contributed by atoms with E-state index in [1.54, 1.807) is 17.7 Å². The zero-order valence-electron chi connectivity index (χ0n) is 11.3. The molecule has 1 aromatic rings. The van der Waals surface area contributed by atoms with Crippen molar-refractivity contribution in [3.05, 3.63) is 12.0 Å². The highest BCUT2D eigenvalue weighted by Crippen LogP contribution is 2.28. The predicted molar refractivity (Wildman–Crippen MR) is 65.3 cm³/mol. The molecule has 0 aliphatic carbocycles. The van der Waals surface area contributed by atoms with Crippen LogP contribution in [0.1, 0.15) is 18.7 Å². The van der Waals surface area contributed by atoms with E-state index in [1.165, 1.54) is 18.9 Å². The molecule has 104 valence electrons. The van der Waals surface area contributed by atoms with Gasteiger partial charge in [0.1, 0.15) is 17.7 Å². The van der Waals surface area contributed by atoms with E-state index in [0.29, 0.717) is 11.6 Å². The maximum absolute atomic E-state index is 12.5. The molecule has 0 saturated carbocycles. The minimum absolute atomic E-state index is 0.238. The maximum atomic E-state index is 12.5. The van der Waals surface area contributed by atoms with Crippen LogP contribution in [0.15, 0.2) is 15.6 Å². The predicted octanol–water partition coefficient (Wildman–Crippen LogP) is -0.0568. The Hall–Kier alpha value is -2.51. The van der Waals surface area contributed by atoms with Gasteiger partial charge in [-0.05, 0) is 13.8 Å². The summed E-state index contributed by atoms with van der Waals surface area (Å²) in [6.45, 7) is 2.84. The van der Waals surface area contributed by atoms with E-state index in [-0.39, 0.29) is 18.3 Å². The number of aryl methyl sites for hydroxylation is 1. The average Bonchev–Trinajstić information content (AvgIpc) is 2.87. The number of amidine groups is 1. The molecule has 1 atom stereocenters. The average molecular weight is 277 g/mol. The van der Waals surface area contributed by atoms with E-state index in [1.807, 2.05) is 0 Å². The lowest BCUT2D eigenvalue weighted by Crippen LogP contribution is -2.63. The number of urea groups is 1. The Morgan fingerprint density at radius 3 is 2.85 bits per heavy atom. The van der Waals surface area contributed by atoms with Crippen molar-refractivity contribution in [2.75, 3.05) is 13.6 Å². The van der Waals surface area contributed by atoms with Crippen molar-refractivity contribution in [3.8, 4) is 0 Å². The van der Waals surface area contributed by atoms with Gasteiger partial charge in [0.25, 0.3) is 17.8 Å². The minimum Gasteiger partial charge on any atom is -0.390 e. The summed E-state index contributed by atoms with van der Waals surface area (Å²) in [5.41, 5.74) is 0. The summed E-state index contributed by atoms with van der Waals surface area (Å²) >= 11 is 0. The number of amides is 3. The molecular formula is C12H13N4O4+. The highest BCUT2D eigenvalue weighted by Gasteiger charge is 2.55. The molecule has 0 N–H and O–H groups in total. The standard InChI is InChI=1S/C12H13N4O4/c1-6(17)4-16-10(18)8-9(14(3)12(16)19)13-11-15(8)5-7(2)20-11/h5,8H,4H2,1-3H3/q+1. The molecule has 0 bridgehead atoms. The molecule has 1 fully saturated rings. The lowest BCUT2D eigenvalue weighted by atomic mass is 10.1. The molecule has 8 heteroatoms. The third kappa shape index (κ3) is 1.57. The highest BCUT2D eigenvalue weighted by molar-refractivity contribution is 6.19. The van der Waals surface area contributed by atoms with Gasteiger partial charge >= 0.3 is 12.0 Å². The van der Waals surface area contributed by atoms with E-state index in [9.17, 15) is 14.4 Å². The first-order valence-electron chi connectivity index (χ1n) is 6.09. The Bertz CT molecular complexity index is 675. The van der Waals surface area contributed by atoms with Gasteiger partial charge in [0.2, 0.25) is 0 Å². The number of hydrogen-bond acceptors (Lipinski definition) is 5. The number of carbonyl (C=O) groups is 3. The second-order valence-electron chi connectivity index (χ2n) is 4.87. The van der Waals surface area contributed by atoms with Crippen molar-refractivity contribution in [1.29, 1.82) is 0 Å². The molecule has 1 unspecified atom stereocenters. The summed E-state index contributed by atoms with van der Waals surface area (Å²) in [5, 5.41) is 0. The number of carbonyl (C=O) groups excluding carboxylic acids is 3. The van der Waals surface area contributed by atoms with Crippen LogP contribution in [0.5, 0.6) is 0 Å². The van der Waals surface area contributed by atoms with E-state index in [2.05, 4.69) is 4.99 Å². The lowest BCUT2D eigenvalue weighted by molar-refractivity contribution is -0.679. The van der Waals surface area contributed by atoms with Crippen molar-refractivity contribution in [1.82, 2.24) is 9.80 Å². The lowest BCUT2D eigenvalue weighted by Gasteiger charge is -2.31. The number of oxazole rings is 1. The first-order valence-corrected chi connectivity index (χ1v) is 6.09. The van der Waals surface area contributed by atoms with Gasteiger partial charge < -0.3 is 4.42 Å². The first kappa shape index (κ1) is 12.5. The molecule has 20 heavy (non-hydrogen) atoms. The fraction of sp³-hybridized carbons (Fsp3) is 0.417. The molecule has 0 aromatic carbocycles. The summed E-state index contributed by atoms with van der Waals surface area (Å²) < 4.78 is 6.94. The number of Topliss-reactive ketones (excluding diaryl/α,β-unsaturated/α-hetero) is 1. The Morgan fingerprint density at radius 2 is 2.20 bits per heavy atom. The summed E-state index contributed by atoms with van der Waals surface area (Å²) in [4.78, 5) is 42.2.